The molecule has 6 heteroatoms. The molecule has 3 rings (SSSR count). The van der Waals surface area contributed by atoms with E-state index >= 15 is 0 Å². The Morgan fingerprint density at radius 3 is 2.16 bits per heavy atom. The lowest BCUT2D eigenvalue weighted by Gasteiger charge is -2.22. The van der Waals surface area contributed by atoms with Gasteiger partial charge in [-0.3, -0.25) is 4.79 Å². The lowest BCUT2D eigenvalue weighted by atomic mass is 9.98. The van der Waals surface area contributed by atoms with Crippen LogP contribution in [-0.4, -0.2) is 36.9 Å². The van der Waals surface area contributed by atoms with Crippen LogP contribution in [0.1, 0.15) is 57.1 Å². The summed E-state index contributed by atoms with van der Waals surface area (Å²) in [4.78, 5) is 24.0. The van der Waals surface area contributed by atoms with Gasteiger partial charge in [-0.05, 0) is 62.3 Å². The van der Waals surface area contributed by atoms with E-state index in [-0.39, 0.29) is 5.92 Å². The van der Waals surface area contributed by atoms with Gasteiger partial charge in [-0.25, -0.2) is 4.79 Å². The Morgan fingerprint density at radius 1 is 1.00 bits per heavy atom. The Bertz CT molecular complexity index is 874. The van der Waals surface area contributed by atoms with Crippen LogP contribution < -0.4 is 11.1 Å². The largest absolute Gasteiger partial charge is 0.459 e. The highest BCUT2D eigenvalue weighted by Gasteiger charge is 2.29. The molecule has 0 aliphatic heterocycles. The molecular weight excluding hydrogens is 392 g/mol. The standard InChI is InChI=1S/C25H32N2O4/c1-25(2,3)31-23(28)22(26)14-8-9-15-27-24(29)30-16-21-19-12-6-4-10-17(19)18-11-5-7-13-20(18)21/h4-7,10-13,21-22H,8-9,14-16,26H2,1-3H3,(H,27,29). The maximum atomic E-state index is 12.2. The first-order valence-electron chi connectivity index (χ1n) is 10.8. The van der Waals surface area contributed by atoms with E-state index in [9.17, 15) is 9.59 Å². The van der Waals surface area contributed by atoms with Crippen LogP contribution in [0.25, 0.3) is 11.1 Å². The highest BCUT2D eigenvalue weighted by atomic mass is 16.6. The minimum atomic E-state index is -0.645. The molecule has 3 N–H and O–H groups in total. The molecule has 1 unspecified atom stereocenters. The first kappa shape index (κ1) is 22.8. The molecule has 0 bridgehead atoms. The maximum absolute atomic E-state index is 12.2. The van der Waals surface area contributed by atoms with Gasteiger partial charge in [-0.1, -0.05) is 48.5 Å². The van der Waals surface area contributed by atoms with Crippen molar-refractivity contribution in [2.24, 2.45) is 5.73 Å². The molecule has 0 aromatic heterocycles. The zero-order valence-corrected chi connectivity index (χ0v) is 18.5. The third kappa shape index (κ3) is 6.07. The molecule has 0 spiro atoms. The molecule has 1 atom stereocenters. The second-order valence-electron chi connectivity index (χ2n) is 8.89. The number of alkyl carbamates (subject to hydrolysis) is 1. The molecule has 2 aromatic rings. The summed E-state index contributed by atoms with van der Waals surface area (Å²) >= 11 is 0. The van der Waals surface area contributed by atoms with Crippen LogP contribution in [0.5, 0.6) is 0 Å². The summed E-state index contributed by atoms with van der Waals surface area (Å²) in [6.45, 7) is 6.21. The van der Waals surface area contributed by atoms with Crippen molar-refractivity contribution in [1.82, 2.24) is 5.32 Å². The number of benzene rings is 2. The van der Waals surface area contributed by atoms with Crippen molar-refractivity contribution in [3.8, 4) is 11.1 Å². The molecule has 0 saturated carbocycles. The van der Waals surface area contributed by atoms with Gasteiger partial charge in [0.05, 0.1) is 0 Å². The fraction of sp³-hybridized carbons (Fsp3) is 0.440. The van der Waals surface area contributed by atoms with Crippen molar-refractivity contribution >= 4 is 12.1 Å². The first-order chi connectivity index (χ1) is 14.8. The number of carbonyl (C=O) groups excluding carboxylic acids is 2. The van der Waals surface area contributed by atoms with Crippen LogP contribution in [0.15, 0.2) is 48.5 Å². The van der Waals surface area contributed by atoms with Gasteiger partial charge in [-0.2, -0.15) is 0 Å². The van der Waals surface area contributed by atoms with E-state index < -0.39 is 23.7 Å². The molecule has 2 aromatic carbocycles. The van der Waals surface area contributed by atoms with Crippen molar-refractivity contribution < 1.29 is 19.1 Å². The normalized spacial score (nSPS) is 13.8. The molecule has 1 amide bonds. The van der Waals surface area contributed by atoms with E-state index in [0.29, 0.717) is 32.4 Å². The molecule has 1 aliphatic carbocycles. The molecule has 0 radical (unpaired) electrons. The zero-order chi connectivity index (χ0) is 22.4. The van der Waals surface area contributed by atoms with Crippen LogP contribution in [0.2, 0.25) is 0 Å². The van der Waals surface area contributed by atoms with E-state index in [1.807, 2.05) is 45.0 Å². The van der Waals surface area contributed by atoms with Crippen LogP contribution in [-0.2, 0) is 14.3 Å². The summed E-state index contributed by atoms with van der Waals surface area (Å²) in [7, 11) is 0. The monoisotopic (exact) mass is 424 g/mol. The third-order valence-electron chi connectivity index (χ3n) is 5.26. The number of carbonyl (C=O) groups is 2. The van der Waals surface area contributed by atoms with E-state index in [0.717, 1.165) is 0 Å². The number of fused-ring (bicyclic) bond motifs is 3. The Balaban J connectivity index is 1.39. The van der Waals surface area contributed by atoms with Crippen molar-refractivity contribution in [3.05, 3.63) is 59.7 Å². The first-order valence-corrected chi connectivity index (χ1v) is 10.8. The second kappa shape index (κ2) is 9.96. The molecule has 0 saturated heterocycles. The fourth-order valence-corrected chi connectivity index (χ4v) is 3.82. The number of nitrogens with two attached hydrogens (primary N) is 1. The van der Waals surface area contributed by atoms with Crippen LogP contribution in [0.4, 0.5) is 4.79 Å². The van der Waals surface area contributed by atoms with Gasteiger partial charge in [0.25, 0.3) is 0 Å². The van der Waals surface area contributed by atoms with Gasteiger partial charge in [0, 0.05) is 12.5 Å². The van der Waals surface area contributed by atoms with Gasteiger partial charge >= 0.3 is 12.1 Å². The van der Waals surface area contributed by atoms with E-state index in [1.54, 1.807) is 0 Å². The SMILES string of the molecule is CC(C)(C)OC(=O)C(N)CCCCNC(=O)OCC1c2ccccc2-c2ccccc21. The van der Waals surface area contributed by atoms with Crippen LogP contribution in [0.3, 0.4) is 0 Å². The number of amides is 1. The van der Waals surface area contributed by atoms with Gasteiger partial charge in [0.2, 0.25) is 0 Å². The van der Waals surface area contributed by atoms with Crippen LogP contribution >= 0.6 is 0 Å². The number of hydrogen-bond acceptors (Lipinski definition) is 5. The molecule has 31 heavy (non-hydrogen) atoms. The van der Waals surface area contributed by atoms with E-state index in [2.05, 4.69) is 29.6 Å². The van der Waals surface area contributed by atoms with E-state index in [1.165, 1.54) is 22.3 Å². The van der Waals surface area contributed by atoms with Gasteiger partial charge in [0.15, 0.2) is 0 Å². The molecule has 166 valence electrons. The fourth-order valence-electron chi connectivity index (χ4n) is 3.82. The lowest BCUT2D eigenvalue weighted by Crippen LogP contribution is -2.37. The Hall–Kier alpha value is -2.86. The number of esters is 1. The minimum Gasteiger partial charge on any atom is -0.459 e. The second-order valence-corrected chi connectivity index (χ2v) is 8.89. The maximum Gasteiger partial charge on any atom is 0.407 e. The molecule has 1 aliphatic rings. The van der Waals surface area contributed by atoms with Crippen molar-refractivity contribution in [3.63, 3.8) is 0 Å². The van der Waals surface area contributed by atoms with Crippen molar-refractivity contribution in [1.29, 1.82) is 0 Å². The van der Waals surface area contributed by atoms with Crippen molar-refractivity contribution in [2.45, 2.75) is 57.6 Å². The summed E-state index contributed by atoms with van der Waals surface area (Å²) < 4.78 is 10.8. The average Bonchev–Trinajstić information content (AvgIpc) is 3.04. The smallest absolute Gasteiger partial charge is 0.407 e. The predicted molar refractivity (Wildman–Crippen MR) is 121 cm³/mol. The summed E-state index contributed by atoms with van der Waals surface area (Å²) in [5, 5.41) is 2.78. The summed E-state index contributed by atoms with van der Waals surface area (Å²) in [5.74, 6) is -0.345. The highest BCUT2D eigenvalue weighted by molar-refractivity contribution is 5.79. The molecular formula is C25H32N2O4. The summed E-state index contributed by atoms with van der Waals surface area (Å²) in [5.41, 5.74) is 10.1. The summed E-state index contributed by atoms with van der Waals surface area (Å²) in [6.07, 6.45) is 1.50. The lowest BCUT2D eigenvalue weighted by molar-refractivity contribution is -0.156. The summed E-state index contributed by atoms with van der Waals surface area (Å²) in [6, 6.07) is 15.8. The Labute approximate surface area is 184 Å². The Kier molecular flexibility index (Phi) is 7.33. The quantitative estimate of drug-likeness (QED) is 0.485. The predicted octanol–water partition coefficient (Wildman–Crippen LogP) is 4.36. The Morgan fingerprint density at radius 2 is 1.58 bits per heavy atom. The van der Waals surface area contributed by atoms with Gasteiger partial charge < -0.3 is 20.5 Å². The number of rotatable bonds is 8. The third-order valence-corrected chi connectivity index (χ3v) is 5.26. The van der Waals surface area contributed by atoms with Crippen molar-refractivity contribution in [2.75, 3.05) is 13.2 Å². The van der Waals surface area contributed by atoms with Gasteiger partial charge in [-0.15, -0.1) is 0 Å². The number of unbranched alkanes of at least 4 members (excludes halogenated alkanes) is 1. The zero-order valence-electron chi connectivity index (χ0n) is 18.5. The van der Waals surface area contributed by atoms with Gasteiger partial charge in [0.1, 0.15) is 18.2 Å². The average molecular weight is 425 g/mol. The topological polar surface area (TPSA) is 90.6 Å². The number of hydrogen-bond donors (Lipinski definition) is 2. The highest BCUT2D eigenvalue weighted by Crippen LogP contribution is 2.44. The van der Waals surface area contributed by atoms with E-state index in [4.69, 9.17) is 15.2 Å². The molecule has 0 fully saturated rings. The molecule has 0 heterocycles. The molecule has 6 nitrogen and oxygen atoms in total. The number of nitrogens with one attached hydrogen (secondary N) is 1. The minimum absolute atomic E-state index is 0.0463. The van der Waals surface area contributed by atoms with Crippen LogP contribution in [0, 0.1) is 0 Å². The number of ether oxygens (including phenoxy) is 2.